The van der Waals surface area contributed by atoms with Gasteiger partial charge in [-0.25, -0.2) is 0 Å². The maximum absolute atomic E-state index is 5.08. The van der Waals surface area contributed by atoms with E-state index in [9.17, 15) is 0 Å². The molecule has 3 aromatic carbocycles. The second-order valence-electron chi connectivity index (χ2n) is 13.3. The van der Waals surface area contributed by atoms with E-state index < -0.39 is 5.41 Å². The van der Waals surface area contributed by atoms with Gasteiger partial charge in [-0.1, -0.05) is 140 Å². The zero-order chi connectivity index (χ0) is 36.5. The summed E-state index contributed by atoms with van der Waals surface area (Å²) in [4.78, 5) is 14.0. The third-order valence-electron chi connectivity index (χ3n) is 9.99. The summed E-state index contributed by atoms with van der Waals surface area (Å²) in [5.74, 6) is 0.0670. The molecule has 0 saturated heterocycles. The van der Waals surface area contributed by atoms with Gasteiger partial charge in [0.25, 0.3) is 0 Å². The Hall–Kier alpha value is -6.39. The average molecular weight is 689 g/mol. The van der Waals surface area contributed by atoms with Crippen LogP contribution in [0.3, 0.4) is 0 Å². The Bertz CT molecular complexity index is 2310. The van der Waals surface area contributed by atoms with Crippen molar-refractivity contribution < 1.29 is 0 Å². The molecule has 1 aliphatic heterocycles. The van der Waals surface area contributed by atoms with Crippen LogP contribution in [0.15, 0.2) is 203 Å². The van der Waals surface area contributed by atoms with Crippen molar-refractivity contribution in [2.75, 3.05) is 6.54 Å². The molecule has 3 aliphatic rings. The minimum absolute atomic E-state index is 0.0670. The molecule has 7 rings (SSSR count). The Kier molecular flexibility index (Phi) is 10.8. The van der Waals surface area contributed by atoms with E-state index in [0.29, 0.717) is 6.54 Å². The van der Waals surface area contributed by atoms with Crippen molar-refractivity contribution in [3.63, 3.8) is 0 Å². The summed E-state index contributed by atoms with van der Waals surface area (Å²) in [5.41, 5.74) is 11.7. The molecule has 0 saturated carbocycles. The normalized spacial score (nSPS) is 19.6. The van der Waals surface area contributed by atoms with Gasteiger partial charge in [0.2, 0.25) is 0 Å². The number of hydrogen-bond donors (Lipinski definition) is 0. The van der Waals surface area contributed by atoms with E-state index >= 15 is 0 Å². The molecular weight excluding hydrogens is 645 g/mol. The summed E-state index contributed by atoms with van der Waals surface area (Å²) >= 11 is 0. The molecule has 0 amide bonds. The van der Waals surface area contributed by atoms with Gasteiger partial charge in [0, 0.05) is 48.4 Å². The molecule has 0 bridgehead atoms. The first-order valence-corrected chi connectivity index (χ1v) is 18.2. The average Bonchev–Trinajstić information content (AvgIpc) is 3.41. The fraction of sp³-hybridized carbons (Fsp3) is 0.122. The Morgan fingerprint density at radius 2 is 1.74 bits per heavy atom. The number of rotatable bonds is 11. The lowest BCUT2D eigenvalue weighted by atomic mass is 9.69. The maximum atomic E-state index is 5.08. The van der Waals surface area contributed by atoms with Gasteiger partial charge in [0.1, 0.15) is 0 Å². The molecule has 0 radical (unpaired) electrons. The lowest BCUT2D eigenvalue weighted by molar-refractivity contribution is 0.522. The van der Waals surface area contributed by atoms with Crippen LogP contribution in [0.2, 0.25) is 0 Å². The zero-order valence-electron chi connectivity index (χ0n) is 30.4. The number of allylic oxidation sites excluding steroid dienone is 14. The van der Waals surface area contributed by atoms with E-state index in [1.54, 1.807) is 0 Å². The largest absolute Gasteiger partial charge is 0.353 e. The van der Waals surface area contributed by atoms with E-state index in [4.69, 9.17) is 4.99 Å². The topological polar surface area (TPSA) is 42.0 Å². The van der Waals surface area contributed by atoms with Gasteiger partial charge in [-0.3, -0.25) is 15.0 Å². The monoisotopic (exact) mass is 688 g/mol. The maximum Gasteiger partial charge on any atom is 0.0716 e. The third-order valence-corrected chi connectivity index (χ3v) is 9.99. The standard InChI is InChI=1S/C49H44N4/c1-4-5-6-9-15-29-49(42-24-17-30-51-31-27-42)45-26-25-40(34-44(45)43-28-32-53(3)48(43)49)39-22-16-23-41(33-39)46(50-2)35-47(38-20-13-10-14-21-38)52-36-37-18-11-7-8-12-19-37/h4-7,9-35,42H,2,8,36H2,1,3H3/b5-4-,9-6-,29-15+,46-35-,52-47?. The second kappa shape index (κ2) is 16.3. The quantitative estimate of drug-likeness (QED) is 0.111. The summed E-state index contributed by atoms with van der Waals surface area (Å²) in [6.07, 6.45) is 39.0. The predicted molar refractivity (Wildman–Crippen MR) is 227 cm³/mol. The molecule has 4 nitrogen and oxygen atoms in total. The lowest BCUT2D eigenvalue weighted by Gasteiger charge is -2.34. The van der Waals surface area contributed by atoms with Crippen LogP contribution in [-0.2, 0) is 12.5 Å². The van der Waals surface area contributed by atoms with Crippen molar-refractivity contribution in [3.8, 4) is 22.3 Å². The number of nitrogens with zero attached hydrogens (tertiary/aromatic N) is 4. The van der Waals surface area contributed by atoms with Crippen molar-refractivity contribution in [1.29, 1.82) is 0 Å². The highest BCUT2D eigenvalue weighted by atomic mass is 15.0. The Morgan fingerprint density at radius 1 is 0.887 bits per heavy atom. The smallest absolute Gasteiger partial charge is 0.0716 e. The summed E-state index contributed by atoms with van der Waals surface area (Å²) in [6, 6.07) is 28.1. The van der Waals surface area contributed by atoms with Gasteiger partial charge >= 0.3 is 0 Å². The van der Waals surface area contributed by atoms with Crippen LogP contribution < -0.4 is 0 Å². The molecule has 2 atom stereocenters. The molecule has 2 unspecified atom stereocenters. The van der Waals surface area contributed by atoms with E-state index in [1.807, 2.05) is 43.6 Å². The van der Waals surface area contributed by atoms with Crippen molar-refractivity contribution in [2.45, 2.75) is 18.8 Å². The summed E-state index contributed by atoms with van der Waals surface area (Å²) in [5, 5.41) is 0. The molecule has 0 fully saturated rings. The van der Waals surface area contributed by atoms with E-state index in [-0.39, 0.29) is 5.92 Å². The van der Waals surface area contributed by atoms with Gasteiger partial charge in [-0.15, -0.1) is 0 Å². The number of aromatic nitrogens is 1. The lowest BCUT2D eigenvalue weighted by Crippen LogP contribution is -2.32. The second-order valence-corrected chi connectivity index (χ2v) is 13.3. The van der Waals surface area contributed by atoms with Crippen LogP contribution in [0, 0.1) is 5.92 Å². The van der Waals surface area contributed by atoms with E-state index in [0.717, 1.165) is 45.7 Å². The summed E-state index contributed by atoms with van der Waals surface area (Å²) < 4.78 is 2.28. The minimum atomic E-state index is -0.418. The van der Waals surface area contributed by atoms with Crippen molar-refractivity contribution in [2.24, 2.45) is 27.9 Å². The van der Waals surface area contributed by atoms with Gasteiger partial charge in [0.15, 0.2) is 0 Å². The minimum Gasteiger partial charge on any atom is -0.353 e. The van der Waals surface area contributed by atoms with Gasteiger partial charge in [0.05, 0.1) is 23.4 Å². The van der Waals surface area contributed by atoms with Gasteiger partial charge in [-0.05, 0) is 83.8 Å². The van der Waals surface area contributed by atoms with E-state index in [1.165, 1.54) is 22.4 Å². The van der Waals surface area contributed by atoms with Crippen LogP contribution in [0.1, 0.15) is 35.7 Å². The first-order chi connectivity index (χ1) is 26.1. The highest BCUT2D eigenvalue weighted by Gasteiger charge is 2.47. The first-order valence-electron chi connectivity index (χ1n) is 18.2. The SMILES string of the molecule is C=N/C(=C\C(=NCC1=CC=CCC=C1)c1ccccc1)c1cccc(-c2ccc3c(c2)-c2ccn(C)c2C3(/C=C/C=C\C=C/C)C2C=CC=NC=C2)c1. The van der Waals surface area contributed by atoms with E-state index in [2.05, 4.69) is 180 Å². The molecule has 0 N–H and O–H groups in total. The third kappa shape index (κ3) is 7.35. The molecule has 4 heteroatoms. The summed E-state index contributed by atoms with van der Waals surface area (Å²) in [6.45, 7) is 6.59. The van der Waals surface area contributed by atoms with Gasteiger partial charge in [-0.2, -0.15) is 0 Å². The van der Waals surface area contributed by atoms with Crippen LogP contribution >= 0.6 is 0 Å². The Balaban J connectivity index is 1.29. The Morgan fingerprint density at radius 3 is 2.60 bits per heavy atom. The summed E-state index contributed by atoms with van der Waals surface area (Å²) in [7, 11) is 2.15. The molecule has 4 aromatic rings. The highest BCUT2D eigenvalue weighted by molar-refractivity contribution is 6.12. The number of aryl methyl sites for hydroxylation is 1. The van der Waals surface area contributed by atoms with Crippen molar-refractivity contribution >= 4 is 24.3 Å². The fourth-order valence-corrected chi connectivity index (χ4v) is 7.48. The molecule has 260 valence electrons. The molecular formula is C49H44N4. The molecule has 0 spiro atoms. The zero-order valence-corrected chi connectivity index (χ0v) is 30.4. The van der Waals surface area contributed by atoms with Crippen molar-refractivity contribution in [1.82, 2.24) is 4.57 Å². The number of benzene rings is 3. The highest BCUT2D eigenvalue weighted by Crippen LogP contribution is 2.55. The molecule has 2 heterocycles. The van der Waals surface area contributed by atoms with Crippen LogP contribution in [-0.4, -0.2) is 29.8 Å². The number of hydrogen-bond acceptors (Lipinski definition) is 3. The van der Waals surface area contributed by atoms with Crippen LogP contribution in [0.25, 0.3) is 28.0 Å². The number of fused-ring (bicyclic) bond motifs is 3. The molecule has 53 heavy (non-hydrogen) atoms. The number of aliphatic imine (C=N–C) groups is 3. The van der Waals surface area contributed by atoms with Crippen molar-refractivity contribution in [3.05, 3.63) is 210 Å². The molecule has 2 aliphatic carbocycles. The predicted octanol–water partition coefficient (Wildman–Crippen LogP) is 11.4. The first kappa shape index (κ1) is 35.0. The van der Waals surface area contributed by atoms with Crippen LogP contribution in [0.5, 0.6) is 0 Å². The molecule has 1 aromatic heterocycles. The fourth-order valence-electron chi connectivity index (χ4n) is 7.48. The van der Waals surface area contributed by atoms with Gasteiger partial charge < -0.3 is 4.57 Å². The Labute approximate surface area is 313 Å². The van der Waals surface area contributed by atoms with Crippen LogP contribution in [0.4, 0.5) is 0 Å².